The molecule has 0 aromatic carbocycles. The lowest BCUT2D eigenvalue weighted by Crippen LogP contribution is -2.36. The summed E-state index contributed by atoms with van der Waals surface area (Å²) in [6, 6.07) is 4.07. The molecule has 1 fully saturated rings. The highest BCUT2D eigenvalue weighted by molar-refractivity contribution is 5.67. The first-order valence-electron chi connectivity index (χ1n) is 8.46. The Morgan fingerprint density at radius 2 is 2.09 bits per heavy atom. The van der Waals surface area contributed by atoms with Crippen molar-refractivity contribution >= 4 is 17.5 Å². The molecule has 1 aromatic heterocycles. The minimum Gasteiger partial charge on any atom is -0.481 e. The number of carboxylic acids is 1. The highest BCUT2D eigenvalue weighted by Crippen LogP contribution is 2.19. The van der Waals surface area contributed by atoms with Gasteiger partial charge in [-0.25, -0.2) is 4.98 Å². The predicted molar refractivity (Wildman–Crippen MR) is 91.3 cm³/mol. The maximum absolute atomic E-state index is 10.9. The van der Waals surface area contributed by atoms with E-state index in [1.807, 2.05) is 18.3 Å². The molecule has 23 heavy (non-hydrogen) atoms. The highest BCUT2D eigenvalue weighted by Gasteiger charge is 2.14. The van der Waals surface area contributed by atoms with E-state index in [1.54, 1.807) is 0 Å². The van der Waals surface area contributed by atoms with Gasteiger partial charge in [0.1, 0.15) is 5.82 Å². The molecule has 0 radical (unpaired) electrons. The highest BCUT2D eigenvalue weighted by atomic mass is 16.5. The Hall–Kier alpha value is -1.82. The van der Waals surface area contributed by atoms with Gasteiger partial charge in [0.2, 0.25) is 0 Å². The van der Waals surface area contributed by atoms with E-state index in [1.165, 1.54) is 0 Å². The number of hydrogen-bond acceptors (Lipinski definition) is 5. The molecular formula is C17H27N3O3. The van der Waals surface area contributed by atoms with Crippen molar-refractivity contribution < 1.29 is 14.6 Å². The number of pyridine rings is 1. The molecule has 0 saturated carbocycles. The number of rotatable bonds is 9. The third kappa shape index (κ3) is 5.71. The zero-order valence-electron chi connectivity index (χ0n) is 13.9. The molecule has 1 aliphatic heterocycles. The summed E-state index contributed by atoms with van der Waals surface area (Å²) in [4.78, 5) is 19.8. The summed E-state index contributed by atoms with van der Waals surface area (Å²) >= 11 is 0. The number of carbonyl (C=O) groups is 1. The third-order valence-corrected chi connectivity index (χ3v) is 4.06. The number of ether oxygens (including phenoxy) is 1. The molecule has 0 bridgehead atoms. The van der Waals surface area contributed by atoms with Gasteiger partial charge in [0.25, 0.3) is 0 Å². The zero-order valence-corrected chi connectivity index (χ0v) is 13.9. The number of aromatic nitrogens is 1. The second-order valence-electron chi connectivity index (χ2n) is 5.81. The molecule has 6 heteroatoms. The Labute approximate surface area is 138 Å². The number of nitrogens with zero attached hydrogens (tertiary/aromatic N) is 3. The van der Waals surface area contributed by atoms with Crippen molar-refractivity contribution in [3.05, 3.63) is 18.3 Å². The van der Waals surface area contributed by atoms with E-state index in [4.69, 9.17) is 9.84 Å². The minimum atomic E-state index is -0.761. The first kappa shape index (κ1) is 17.5. The fourth-order valence-electron chi connectivity index (χ4n) is 2.70. The van der Waals surface area contributed by atoms with Gasteiger partial charge in [-0.3, -0.25) is 4.79 Å². The van der Waals surface area contributed by atoms with Gasteiger partial charge in [-0.05, 0) is 18.6 Å². The summed E-state index contributed by atoms with van der Waals surface area (Å²) in [6.07, 6.45) is 5.39. The quantitative estimate of drug-likeness (QED) is 0.705. The first-order chi connectivity index (χ1) is 11.2. The van der Waals surface area contributed by atoms with Crippen LogP contribution in [0.5, 0.6) is 0 Å². The van der Waals surface area contributed by atoms with Gasteiger partial charge < -0.3 is 19.6 Å². The fraction of sp³-hybridized carbons (Fsp3) is 0.647. The third-order valence-electron chi connectivity index (χ3n) is 4.06. The first-order valence-corrected chi connectivity index (χ1v) is 8.46. The number of unbranched alkanes of at least 4 members (excludes halogenated alkanes) is 2. The Kier molecular flexibility index (Phi) is 7.13. The SMILES string of the molecule is CCCCCN(CCC(=O)O)c1ccc(N2CCOCC2)nc1. The minimum absolute atomic E-state index is 0.150. The van der Waals surface area contributed by atoms with E-state index in [0.717, 1.165) is 63.6 Å². The number of carboxylic acid groups (broad SMARTS) is 1. The molecule has 2 rings (SSSR count). The van der Waals surface area contributed by atoms with Crippen molar-refractivity contribution in [3.8, 4) is 0 Å². The van der Waals surface area contributed by atoms with Gasteiger partial charge in [0.15, 0.2) is 0 Å². The van der Waals surface area contributed by atoms with Gasteiger partial charge in [-0.1, -0.05) is 19.8 Å². The molecule has 128 valence electrons. The molecule has 0 spiro atoms. The Bertz CT molecular complexity index is 472. The second kappa shape index (κ2) is 9.35. The molecule has 0 unspecified atom stereocenters. The maximum Gasteiger partial charge on any atom is 0.305 e. The largest absolute Gasteiger partial charge is 0.481 e. The molecule has 6 nitrogen and oxygen atoms in total. The van der Waals surface area contributed by atoms with Crippen molar-refractivity contribution in [2.45, 2.75) is 32.6 Å². The Balaban J connectivity index is 1.99. The molecule has 0 atom stereocenters. The summed E-state index contributed by atoms with van der Waals surface area (Å²) in [5, 5.41) is 8.93. The van der Waals surface area contributed by atoms with Crippen LogP contribution in [0.4, 0.5) is 11.5 Å². The van der Waals surface area contributed by atoms with Gasteiger partial charge >= 0.3 is 5.97 Å². The van der Waals surface area contributed by atoms with Crippen molar-refractivity contribution in [1.29, 1.82) is 0 Å². The van der Waals surface area contributed by atoms with Gasteiger partial charge in [0, 0.05) is 26.2 Å². The Morgan fingerprint density at radius 1 is 1.30 bits per heavy atom. The number of aliphatic carboxylic acids is 1. The van der Waals surface area contributed by atoms with Crippen LogP contribution in [-0.4, -0.2) is 55.5 Å². The van der Waals surface area contributed by atoms with Gasteiger partial charge in [0.05, 0.1) is 31.5 Å². The summed E-state index contributed by atoms with van der Waals surface area (Å²) < 4.78 is 5.36. The lowest BCUT2D eigenvalue weighted by atomic mass is 10.2. The molecule has 1 aromatic rings. The lowest BCUT2D eigenvalue weighted by Gasteiger charge is -2.29. The summed E-state index contributed by atoms with van der Waals surface area (Å²) in [5.41, 5.74) is 0.999. The van der Waals surface area contributed by atoms with E-state index >= 15 is 0 Å². The van der Waals surface area contributed by atoms with Crippen molar-refractivity contribution in [3.63, 3.8) is 0 Å². The molecule has 1 aliphatic rings. The van der Waals surface area contributed by atoms with Crippen LogP contribution in [0.3, 0.4) is 0 Å². The maximum atomic E-state index is 10.9. The standard InChI is InChI=1S/C17H27N3O3/c1-2-3-4-8-19(9-7-17(21)22)15-5-6-16(18-14-15)20-10-12-23-13-11-20/h5-6,14H,2-4,7-13H2,1H3,(H,21,22). The van der Waals surface area contributed by atoms with Crippen molar-refractivity contribution in [2.75, 3.05) is 49.2 Å². The zero-order chi connectivity index (χ0) is 16.5. The topological polar surface area (TPSA) is 65.9 Å². The smallest absolute Gasteiger partial charge is 0.305 e. The van der Waals surface area contributed by atoms with E-state index in [2.05, 4.69) is 21.7 Å². The molecular weight excluding hydrogens is 294 g/mol. The van der Waals surface area contributed by atoms with Crippen LogP contribution in [0, 0.1) is 0 Å². The number of morpholine rings is 1. The van der Waals surface area contributed by atoms with Crippen molar-refractivity contribution in [1.82, 2.24) is 4.98 Å². The summed E-state index contributed by atoms with van der Waals surface area (Å²) in [7, 11) is 0. The second-order valence-corrected chi connectivity index (χ2v) is 5.81. The van der Waals surface area contributed by atoms with Crippen LogP contribution < -0.4 is 9.80 Å². The van der Waals surface area contributed by atoms with E-state index in [-0.39, 0.29) is 6.42 Å². The van der Waals surface area contributed by atoms with Crippen molar-refractivity contribution in [2.24, 2.45) is 0 Å². The normalized spacial score (nSPS) is 14.7. The van der Waals surface area contributed by atoms with Gasteiger partial charge in [-0.2, -0.15) is 0 Å². The molecule has 2 heterocycles. The van der Waals surface area contributed by atoms with Crippen LogP contribution in [0.2, 0.25) is 0 Å². The summed E-state index contributed by atoms with van der Waals surface area (Å²) in [5.74, 6) is 0.201. The summed E-state index contributed by atoms with van der Waals surface area (Å²) in [6.45, 7) is 6.78. The van der Waals surface area contributed by atoms with Crippen LogP contribution >= 0.6 is 0 Å². The van der Waals surface area contributed by atoms with Gasteiger partial charge in [-0.15, -0.1) is 0 Å². The van der Waals surface area contributed by atoms with E-state index in [0.29, 0.717) is 6.54 Å². The average molecular weight is 321 g/mol. The lowest BCUT2D eigenvalue weighted by molar-refractivity contribution is -0.136. The van der Waals surface area contributed by atoms with Crippen LogP contribution in [0.25, 0.3) is 0 Å². The predicted octanol–water partition coefficient (Wildman–Crippen LogP) is 2.39. The number of hydrogen-bond donors (Lipinski definition) is 1. The van der Waals surface area contributed by atoms with Crippen LogP contribution in [-0.2, 0) is 9.53 Å². The average Bonchev–Trinajstić information content (AvgIpc) is 2.59. The van der Waals surface area contributed by atoms with Crippen LogP contribution in [0.1, 0.15) is 32.6 Å². The molecule has 1 N–H and O–H groups in total. The molecule has 0 aliphatic carbocycles. The van der Waals surface area contributed by atoms with E-state index < -0.39 is 5.97 Å². The van der Waals surface area contributed by atoms with Crippen LogP contribution in [0.15, 0.2) is 18.3 Å². The monoisotopic (exact) mass is 321 g/mol. The fourth-order valence-corrected chi connectivity index (χ4v) is 2.70. The Morgan fingerprint density at radius 3 is 2.70 bits per heavy atom. The van der Waals surface area contributed by atoms with E-state index in [9.17, 15) is 4.79 Å². The molecule has 0 amide bonds. The molecule has 1 saturated heterocycles. The number of anilines is 2.